The molecule has 0 aliphatic carbocycles. The third-order valence-electron chi connectivity index (χ3n) is 2.04. The van der Waals surface area contributed by atoms with Crippen LogP contribution in [0.5, 0.6) is 0 Å². The predicted molar refractivity (Wildman–Crippen MR) is 52.4 cm³/mol. The number of aryl methyl sites for hydroxylation is 1. The second-order valence-corrected chi connectivity index (χ2v) is 3.26. The van der Waals surface area contributed by atoms with Crippen molar-refractivity contribution in [1.29, 1.82) is 0 Å². The van der Waals surface area contributed by atoms with Gasteiger partial charge in [0.25, 0.3) is 5.91 Å². The molecule has 0 spiro atoms. The van der Waals surface area contributed by atoms with Crippen LogP contribution in [-0.2, 0) is 11.8 Å². The van der Waals surface area contributed by atoms with Gasteiger partial charge in [-0.15, -0.1) is 0 Å². The monoisotopic (exact) mass is 211 g/mol. The third-order valence-corrected chi connectivity index (χ3v) is 2.04. The Balaban J connectivity index is 2.61. The first-order valence-corrected chi connectivity index (χ1v) is 4.46. The number of amides is 1. The van der Waals surface area contributed by atoms with E-state index in [1.807, 2.05) is 0 Å². The van der Waals surface area contributed by atoms with E-state index in [0.717, 1.165) is 0 Å². The Labute approximate surface area is 87.1 Å². The predicted octanol–water partition coefficient (Wildman–Crippen LogP) is -0.0332. The van der Waals surface area contributed by atoms with Crippen LogP contribution in [0.15, 0.2) is 12.5 Å². The minimum absolute atomic E-state index is 0.0555. The SMILES string of the molecule is CN(CCC(=O)O)C(=O)c1cncn1C. The third kappa shape index (κ3) is 2.80. The normalized spacial score (nSPS) is 10.0. The van der Waals surface area contributed by atoms with Crippen molar-refractivity contribution in [2.45, 2.75) is 6.42 Å². The van der Waals surface area contributed by atoms with Crippen molar-refractivity contribution in [3.63, 3.8) is 0 Å². The maximum absolute atomic E-state index is 11.7. The Hall–Kier alpha value is -1.85. The molecule has 0 saturated heterocycles. The van der Waals surface area contributed by atoms with Gasteiger partial charge in [-0.3, -0.25) is 9.59 Å². The van der Waals surface area contributed by atoms with E-state index < -0.39 is 5.97 Å². The zero-order valence-electron chi connectivity index (χ0n) is 8.67. The highest BCUT2D eigenvalue weighted by Crippen LogP contribution is 2.01. The van der Waals surface area contributed by atoms with E-state index in [1.54, 1.807) is 18.7 Å². The summed E-state index contributed by atoms with van der Waals surface area (Å²) in [5.41, 5.74) is 0.447. The Morgan fingerprint density at radius 1 is 1.60 bits per heavy atom. The summed E-state index contributed by atoms with van der Waals surface area (Å²) in [6.07, 6.45) is 2.93. The van der Waals surface area contributed by atoms with Crippen molar-refractivity contribution in [1.82, 2.24) is 14.5 Å². The smallest absolute Gasteiger partial charge is 0.305 e. The number of aromatic nitrogens is 2. The maximum atomic E-state index is 11.7. The lowest BCUT2D eigenvalue weighted by molar-refractivity contribution is -0.137. The molecule has 0 radical (unpaired) electrons. The number of imidazole rings is 1. The standard InChI is InChI=1S/C9H13N3O3/c1-11(4-3-8(13)14)9(15)7-5-10-6-12(7)2/h5-6H,3-4H2,1-2H3,(H,13,14). The van der Waals surface area contributed by atoms with Gasteiger partial charge in [-0.25, -0.2) is 4.98 Å². The van der Waals surface area contributed by atoms with Crippen molar-refractivity contribution in [3.8, 4) is 0 Å². The zero-order valence-corrected chi connectivity index (χ0v) is 8.67. The first-order valence-electron chi connectivity index (χ1n) is 4.46. The molecule has 1 rings (SSSR count). The fraction of sp³-hybridized carbons (Fsp3) is 0.444. The van der Waals surface area contributed by atoms with Crippen LogP contribution >= 0.6 is 0 Å². The van der Waals surface area contributed by atoms with Gasteiger partial charge in [0.1, 0.15) is 5.69 Å². The van der Waals surface area contributed by atoms with Gasteiger partial charge >= 0.3 is 5.97 Å². The molecule has 1 N–H and O–H groups in total. The first kappa shape index (κ1) is 11.2. The van der Waals surface area contributed by atoms with Crippen LogP contribution < -0.4 is 0 Å². The minimum atomic E-state index is -0.917. The summed E-state index contributed by atoms with van der Waals surface area (Å²) in [4.78, 5) is 27.2. The van der Waals surface area contributed by atoms with Crippen LogP contribution in [0.4, 0.5) is 0 Å². The molecule has 1 amide bonds. The number of hydrogen-bond acceptors (Lipinski definition) is 3. The van der Waals surface area contributed by atoms with Crippen LogP contribution in [-0.4, -0.2) is 45.0 Å². The van der Waals surface area contributed by atoms with E-state index in [4.69, 9.17) is 5.11 Å². The molecule has 1 aromatic rings. The van der Waals surface area contributed by atoms with Crippen LogP contribution in [0.2, 0.25) is 0 Å². The van der Waals surface area contributed by atoms with Crippen molar-refractivity contribution in [2.24, 2.45) is 7.05 Å². The molecule has 15 heavy (non-hydrogen) atoms. The zero-order chi connectivity index (χ0) is 11.4. The molecule has 6 heteroatoms. The van der Waals surface area contributed by atoms with Crippen LogP contribution in [0.3, 0.4) is 0 Å². The summed E-state index contributed by atoms with van der Waals surface area (Å²) < 4.78 is 1.60. The molecule has 0 aliphatic rings. The highest BCUT2D eigenvalue weighted by Gasteiger charge is 2.15. The Morgan fingerprint density at radius 3 is 2.73 bits per heavy atom. The van der Waals surface area contributed by atoms with Crippen molar-refractivity contribution >= 4 is 11.9 Å². The molecule has 0 unspecified atom stereocenters. The molecule has 6 nitrogen and oxygen atoms in total. The Bertz CT molecular complexity index is 372. The molecule has 82 valence electrons. The fourth-order valence-corrected chi connectivity index (χ4v) is 1.12. The first-order chi connectivity index (χ1) is 7.02. The molecule has 0 saturated carbocycles. The summed E-state index contributed by atoms with van der Waals surface area (Å²) in [6, 6.07) is 0. The fourth-order valence-electron chi connectivity index (χ4n) is 1.12. The molecule has 1 aromatic heterocycles. The number of carboxylic acid groups (broad SMARTS) is 1. The van der Waals surface area contributed by atoms with Crippen molar-refractivity contribution in [2.75, 3.05) is 13.6 Å². The molecule has 0 bridgehead atoms. The Kier molecular flexibility index (Phi) is 3.43. The topological polar surface area (TPSA) is 75.4 Å². The van der Waals surface area contributed by atoms with Gasteiger partial charge in [-0.1, -0.05) is 0 Å². The Morgan fingerprint density at radius 2 is 2.27 bits per heavy atom. The van der Waals surface area contributed by atoms with Crippen molar-refractivity contribution in [3.05, 3.63) is 18.2 Å². The van der Waals surface area contributed by atoms with Gasteiger partial charge in [0.2, 0.25) is 0 Å². The molecule has 0 aromatic carbocycles. The average Bonchev–Trinajstić information content (AvgIpc) is 2.59. The second kappa shape index (κ2) is 4.59. The quantitative estimate of drug-likeness (QED) is 0.758. The lowest BCUT2D eigenvalue weighted by atomic mass is 10.3. The highest BCUT2D eigenvalue weighted by molar-refractivity contribution is 5.92. The number of rotatable bonds is 4. The summed E-state index contributed by atoms with van der Waals surface area (Å²) >= 11 is 0. The van der Waals surface area contributed by atoms with Crippen LogP contribution in [0.1, 0.15) is 16.9 Å². The number of carbonyl (C=O) groups is 2. The molecular weight excluding hydrogens is 198 g/mol. The van der Waals surface area contributed by atoms with Crippen LogP contribution in [0, 0.1) is 0 Å². The largest absolute Gasteiger partial charge is 0.481 e. The molecule has 0 aliphatic heterocycles. The lowest BCUT2D eigenvalue weighted by Crippen LogP contribution is -2.30. The lowest BCUT2D eigenvalue weighted by Gasteiger charge is -2.15. The van der Waals surface area contributed by atoms with E-state index >= 15 is 0 Å². The number of hydrogen-bond donors (Lipinski definition) is 1. The van der Waals surface area contributed by atoms with E-state index in [0.29, 0.717) is 5.69 Å². The van der Waals surface area contributed by atoms with Gasteiger partial charge in [-0.2, -0.15) is 0 Å². The molecular formula is C9H13N3O3. The van der Waals surface area contributed by atoms with Gasteiger partial charge in [0.05, 0.1) is 18.9 Å². The summed E-state index contributed by atoms with van der Waals surface area (Å²) in [5, 5.41) is 8.47. The van der Waals surface area contributed by atoms with E-state index in [-0.39, 0.29) is 18.9 Å². The van der Waals surface area contributed by atoms with E-state index in [1.165, 1.54) is 17.4 Å². The van der Waals surface area contributed by atoms with E-state index in [2.05, 4.69) is 4.98 Å². The second-order valence-electron chi connectivity index (χ2n) is 3.26. The highest BCUT2D eigenvalue weighted by atomic mass is 16.4. The average molecular weight is 211 g/mol. The van der Waals surface area contributed by atoms with Gasteiger partial charge in [0, 0.05) is 20.6 Å². The molecule has 0 fully saturated rings. The molecule has 1 heterocycles. The summed E-state index contributed by atoms with van der Waals surface area (Å²) in [5.74, 6) is -1.14. The van der Waals surface area contributed by atoms with Gasteiger partial charge in [0.15, 0.2) is 0 Å². The van der Waals surface area contributed by atoms with Gasteiger partial charge in [-0.05, 0) is 0 Å². The van der Waals surface area contributed by atoms with Crippen molar-refractivity contribution < 1.29 is 14.7 Å². The van der Waals surface area contributed by atoms with E-state index in [9.17, 15) is 9.59 Å². The number of aliphatic carboxylic acids is 1. The number of carboxylic acids is 1. The summed E-state index contributed by atoms with van der Waals surface area (Å²) in [6.45, 7) is 0.194. The summed E-state index contributed by atoms with van der Waals surface area (Å²) in [7, 11) is 3.28. The molecule has 0 atom stereocenters. The van der Waals surface area contributed by atoms with Crippen LogP contribution in [0.25, 0.3) is 0 Å². The number of carbonyl (C=O) groups excluding carboxylic acids is 1. The number of nitrogens with zero attached hydrogens (tertiary/aromatic N) is 3. The maximum Gasteiger partial charge on any atom is 0.305 e. The minimum Gasteiger partial charge on any atom is -0.481 e. The van der Waals surface area contributed by atoms with Gasteiger partial charge < -0.3 is 14.6 Å².